The maximum absolute atomic E-state index is 3.79. The van der Waals surface area contributed by atoms with Gasteiger partial charge in [-0.1, -0.05) is 26.7 Å². The van der Waals surface area contributed by atoms with Crippen molar-refractivity contribution in [2.45, 2.75) is 58.9 Å². The monoisotopic (exact) mass is 343 g/mol. The number of nitrogens with one attached hydrogen (secondary N) is 1. The van der Waals surface area contributed by atoms with E-state index in [1.54, 1.807) is 0 Å². The van der Waals surface area contributed by atoms with Crippen LogP contribution in [0.4, 0.5) is 0 Å². The van der Waals surface area contributed by atoms with Crippen molar-refractivity contribution in [1.82, 2.24) is 5.32 Å². The van der Waals surface area contributed by atoms with Gasteiger partial charge in [0.1, 0.15) is 0 Å². The van der Waals surface area contributed by atoms with E-state index in [4.69, 9.17) is 0 Å². The fourth-order valence-electron chi connectivity index (χ4n) is 3.48. The van der Waals surface area contributed by atoms with Gasteiger partial charge in [-0.25, -0.2) is 0 Å². The molecule has 3 heteroatoms. The minimum Gasteiger partial charge on any atom is -0.309 e. The van der Waals surface area contributed by atoms with Crippen LogP contribution < -0.4 is 5.32 Å². The summed E-state index contributed by atoms with van der Waals surface area (Å²) in [7, 11) is 0. The van der Waals surface area contributed by atoms with Gasteiger partial charge in [0.05, 0.1) is 3.79 Å². The van der Waals surface area contributed by atoms with Crippen molar-refractivity contribution in [1.29, 1.82) is 0 Å². The Morgan fingerprint density at radius 2 is 1.95 bits per heavy atom. The first-order chi connectivity index (χ1) is 9.01. The molecule has 19 heavy (non-hydrogen) atoms. The van der Waals surface area contributed by atoms with Crippen LogP contribution in [0.2, 0.25) is 0 Å². The van der Waals surface area contributed by atoms with E-state index in [1.165, 1.54) is 47.3 Å². The summed E-state index contributed by atoms with van der Waals surface area (Å²) in [6.45, 7) is 8.19. The standard InChI is InChI=1S/C16H26BrNS/c1-12(2)10-16(8-4-5-9-16)11-18-13(3)14-6-7-15(17)19-14/h6-7,12-13,18H,4-5,8-11H2,1-3H3. The van der Waals surface area contributed by atoms with Crippen molar-refractivity contribution in [2.24, 2.45) is 11.3 Å². The Kier molecular flexibility index (Phi) is 5.50. The largest absolute Gasteiger partial charge is 0.309 e. The topological polar surface area (TPSA) is 12.0 Å². The van der Waals surface area contributed by atoms with Gasteiger partial charge in [-0.15, -0.1) is 11.3 Å². The molecular weight excluding hydrogens is 318 g/mol. The third-order valence-corrected chi connectivity index (χ3v) is 6.12. The second-order valence-electron chi connectivity index (χ2n) is 6.55. The normalized spacial score (nSPS) is 20.1. The molecule has 1 unspecified atom stereocenters. The Morgan fingerprint density at radius 3 is 2.47 bits per heavy atom. The number of hydrogen-bond donors (Lipinski definition) is 1. The SMILES string of the molecule is CC(C)CC1(CNC(C)c2ccc(Br)s2)CCCC1. The fraction of sp³-hybridized carbons (Fsp3) is 0.750. The van der Waals surface area contributed by atoms with Crippen LogP contribution in [0.1, 0.15) is 63.8 Å². The molecule has 1 nitrogen and oxygen atoms in total. The summed E-state index contributed by atoms with van der Waals surface area (Å²) in [5, 5.41) is 3.79. The highest BCUT2D eigenvalue weighted by atomic mass is 79.9. The van der Waals surface area contributed by atoms with Gasteiger partial charge in [-0.05, 0) is 65.6 Å². The first-order valence-electron chi connectivity index (χ1n) is 7.49. The zero-order chi connectivity index (χ0) is 13.9. The van der Waals surface area contributed by atoms with E-state index >= 15 is 0 Å². The maximum atomic E-state index is 3.79. The van der Waals surface area contributed by atoms with E-state index in [-0.39, 0.29) is 0 Å². The average Bonchev–Trinajstić information content (AvgIpc) is 2.95. The first kappa shape index (κ1) is 15.5. The quantitative estimate of drug-likeness (QED) is 0.691. The average molecular weight is 344 g/mol. The van der Waals surface area contributed by atoms with Crippen LogP contribution in [0.3, 0.4) is 0 Å². The van der Waals surface area contributed by atoms with Gasteiger partial charge in [0, 0.05) is 17.5 Å². The molecule has 1 atom stereocenters. The minimum absolute atomic E-state index is 0.473. The molecule has 1 saturated carbocycles. The van der Waals surface area contributed by atoms with E-state index in [0.29, 0.717) is 11.5 Å². The summed E-state index contributed by atoms with van der Waals surface area (Å²) < 4.78 is 1.23. The Morgan fingerprint density at radius 1 is 1.26 bits per heavy atom. The second kappa shape index (κ2) is 6.73. The van der Waals surface area contributed by atoms with Gasteiger partial charge in [-0.2, -0.15) is 0 Å². The summed E-state index contributed by atoms with van der Waals surface area (Å²) in [5.74, 6) is 0.811. The maximum Gasteiger partial charge on any atom is 0.0701 e. The molecule has 0 amide bonds. The minimum atomic E-state index is 0.473. The molecule has 2 rings (SSSR count). The van der Waals surface area contributed by atoms with Crippen molar-refractivity contribution >= 4 is 27.3 Å². The van der Waals surface area contributed by atoms with Crippen molar-refractivity contribution < 1.29 is 0 Å². The van der Waals surface area contributed by atoms with Gasteiger partial charge >= 0.3 is 0 Å². The van der Waals surface area contributed by atoms with Crippen LogP contribution >= 0.6 is 27.3 Å². The number of thiophene rings is 1. The molecule has 0 aliphatic heterocycles. The Labute approximate surface area is 130 Å². The molecule has 1 aromatic rings. The predicted octanol–water partition coefficient (Wildman–Crippen LogP) is 5.77. The van der Waals surface area contributed by atoms with Crippen LogP contribution in [-0.2, 0) is 0 Å². The van der Waals surface area contributed by atoms with Crippen LogP contribution in [0.25, 0.3) is 0 Å². The lowest BCUT2D eigenvalue weighted by molar-refractivity contribution is 0.217. The third-order valence-electron chi connectivity index (χ3n) is 4.31. The summed E-state index contributed by atoms with van der Waals surface area (Å²) >= 11 is 5.40. The molecule has 0 bridgehead atoms. The van der Waals surface area contributed by atoms with Gasteiger partial charge in [0.15, 0.2) is 0 Å². The molecule has 0 spiro atoms. The van der Waals surface area contributed by atoms with E-state index < -0.39 is 0 Å². The number of hydrogen-bond acceptors (Lipinski definition) is 2. The summed E-state index contributed by atoms with van der Waals surface area (Å²) in [4.78, 5) is 1.43. The molecular formula is C16H26BrNS. The Balaban J connectivity index is 1.91. The molecule has 0 radical (unpaired) electrons. The number of halogens is 1. The summed E-state index contributed by atoms with van der Waals surface area (Å²) in [5.41, 5.74) is 0.566. The van der Waals surface area contributed by atoms with Crippen LogP contribution in [0.5, 0.6) is 0 Å². The molecule has 1 fully saturated rings. The summed E-state index contributed by atoms with van der Waals surface area (Å²) in [6, 6.07) is 4.86. The second-order valence-corrected chi connectivity index (χ2v) is 9.04. The smallest absolute Gasteiger partial charge is 0.0701 e. The van der Waals surface area contributed by atoms with Crippen molar-refractivity contribution in [3.8, 4) is 0 Å². The fourth-order valence-corrected chi connectivity index (χ4v) is 4.93. The predicted molar refractivity (Wildman–Crippen MR) is 88.8 cm³/mol. The van der Waals surface area contributed by atoms with Crippen molar-refractivity contribution in [3.63, 3.8) is 0 Å². The third kappa shape index (κ3) is 4.30. The van der Waals surface area contributed by atoms with Crippen LogP contribution in [0.15, 0.2) is 15.9 Å². The molecule has 1 N–H and O–H groups in total. The Hall–Kier alpha value is 0.140. The van der Waals surface area contributed by atoms with E-state index in [9.17, 15) is 0 Å². The highest BCUT2D eigenvalue weighted by molar-refractivity contribution is 9.11. The van der Waals surface area contributed by atoms with Crippen molar-refractivity contribution in [3.05, 3.63) is 20.8 Å². The molecule has 1 aliphatic carbocycles. The molecule has 1 heterocycles. The van der Waals surface area contributed by atoms with Gasteiger partial charge < -0.3 is 5.32 Å². The van der Waals surface area contributed by atoms with Gasteiger partial charge in [0.2, 0.25) is 0 Å². The number of rotatable bonds is 6. The molecule has 1 aromatic heterocycles. The summed E-state index contributed by atoms with van der Waals surface area (Å²) in [6.07, 6.45) is 7.06. The first-order valence-corrected chi connectivity index (χ1v) is 9.10. The lowest BCUT2D eigenvalue weighted by atomic mass is 9.78. The molecule has 0 saturated heterocycles. The zero-order valence-corrected chi connectivity index (χ0v) is 14.7. The van der Waals surface area contributed by atoms with Gasteiger partial charge in [-0.3, -0.25) is 0 Å². The zero-order valence-electron chi connectivity index (χ0n) is 12.3. The highest BCUT2D eigenvalue weighted by Gasteiger charge is 2.34. The van der Waals surface area contributed by atoms with E-state index in [1.807, 2.05) is 11.3 Å². The van der Waals surface area contributed by atoms with Crippen molar-refractivity contribution in [2.75, 3.05) is 6.54 Å². The lowest BCUT2D eigenvalue weighted by Crippen LogP contribution is -2.34. The molecule has 1 aliphatic rings. The van der Waals surface area contributed by atoms with Crippen LogP contribution in [0, 0.1) is 11.3 Å². The lowest BCUT2D eigenvalue weighted by Gasteiger charge is -2.32. The molecule has 108 valence electrons. The molecule has 0 aromatic carbocycles. The van der Waals surface area contributed by atoms with E-state index in [2.05, 4.69) is 54.2 Å². The Bertz CT molecular complexity index is 393. The van der Waals surface area contributed by atoms with Crippen LogP contribution in [-0.4, -0.2) is 6.54 Å². The van der Waals surface area contributed by atoms with Gasteiger partial charge in [0.25, 0.3) is 0 Å². The van der Waals surface area contributed by atoms with E-state index in [0.717, 1.165) is 5.92 Å². The highest BCUT2D eigenvalue weighted by Crippen LogP contribution is 2.43.